The van der Waals surface area contributed by atoms with Gasteiger partial charge in [-0.25, -0.2) is 4.98 Å². The summed E-state index contributed by atoms with van der Waals surface area (Å²) >= 11 is 0. The molecule has 20 heavy (non-hydrogen) atoms. The first kappa shape index (κ1) is 15.5. The lowest BCUT2D eigenvalue weighted by atomic mass is 9.84. The van der Waals surface area contributed by atoms with E-state index in [9.17, 15) is 0 Å². The van der Waals surface area contributed by atoms with Gasteiger partial charge in [-0.2, -0.15) is 0 Å². The smallest absolute Gasteiger partial charge is 0.0951 e. The fraction of sp³-hybridized carbons (Fsp3) is 0.812. The van der Waals surface area contributed by atoms with Gasteiger partial charge in [-0.1, -0.05) is 13.8 Å². The number of hydrogen-bond acceptors (Lipinski definition) is 3. The van der Waals surface area contributed by atoms with Crippen molar-refractivity contribution in [3.05, 3.63) is 18.2 Å². The number of likely N-dealkylation sites (tertiary alicyclic amines) is 1. The molecule has 4 nitrogen and oxygen atoms in total. The summed E-state index contributed by atoms with van der Waals surface area (Å²) in [4.78, 5) is 6.94. The van der Waals surface area contributed by atoms with Crippen LogP contribution < -0.4 is 5.73 Å². The molecule has 1 saturated heterocycles. The molecule has 1 aliphatic rings. The lowest BCUT2D eigenvalue weighted by molar-refractivity contribution is 0.0393. The topological polar surface area (TPSA) is 47.1 Å². The van der Waals surface area contributed by atoms with Crippen LogP contribution in [0.4, 0.5) is 0 Å². The van der Waals surface area contributed by atoms with Crippen LogP contribution in [0.25, 0.3) is 0 Å². The van der Waals surface area contributed by atoms with E-state index in [1.807, 2.05) is 12.5 Å². The highest BCUT2D eigenvalue weighted by atomic mass is 15.2. The zero-order valence-electron chi connectivity index (χ0n) is 13.6. The van der Waals surface area contributed by atoms with Crippen molar-refractivity contribution in [3.8, 4) is 0 Å². The summed E-state index contributed by atoms with van der Waals surface area (Å²) in [5.41, 5.74) is 7.39. The van der Waals surface area contributed by atoms with Crippen LogP contribution >= 0.6 is 0 Å². The van der Waals surface area contributed by atoms with Crippen LogP contribution in [0.5, 0.6) is 0 Å². The summed E-state index contributed by atoms with van der Waals surface area (Å²) < 4.78 is 2.26. The first-order chi connectivity index (χ1) is 9.45. The van der Waals surface area contributed by atoms with Crippen molar-refractivity contribution >= 4 is 0 Å². The maximum Gasteiger partial charge on any atom is 0.0951 e. The zero-order chi connectivity index (χ0) is 14.9. The fourth-order valence-electron chi connectivity index (χ4n) is 3.60. The molecule has 114 valence electrons. The minimum Gasteiger partial charge on any atom is -0.331 e. The molecule has 0 spiro atoms. The van der Waals surface area contributed by atoms with E-state index in [4.69, 9.17) is 5.73 Å². The van der Waals surface area contributed by atoms with Gasteiger partial charge in [-0.3, -0.25) is 4.90 Å². The SMILES string of the molecule is CC1CC(C)C(C)N(C(CN)c2cncn2C(C)C)C1. The highest BCUT2D eigenvalue weighted by Crippen LogP contribution is 2.33. The molecule has 2 N–H and O–H groups in total. The largest absolute Gasteiger partial charge is 0.331 e. The molecule has 2 rings (SSSR count). The molecule has 0 aliphatic carbocycles. The average Bonchev–Trinajstić information content (AvgIpc) is 2.85. The van der Waals surface area contributed by atoms with Gasteiger partial charge in [0, 0.05) is 31.4 Å². The maximum atomic E-state index is 6.13. The lowest BCUT2D eigenvalue weighted by Gasteiger charge is -2.45. The molecular weight excluding hydrogens is 248 g/mol. The van der Waals surface area contributed by atoms with Crippen molar-refractivity contribution < 1.29 is 0 Å². The van der Waals surface area contributed by atoms with E-state index in [1.165, 1.54) is 12.1 Å². The quantitative estimate of drug-likeness (QED) is 0.921. The Bertz CT molecular complexity index is 426. The summed E-state index contributed by atoms with van der Waals surface area (Å²) in [6, 6.07) is 1.28. The molecule has 2 heterocycles. The van der Waals surface area contributed by atoms with E-state index >= 15 is 0 Å². The average molecular weight is 278 g/mol. The Kier molecular flexibility index (Phi) is 4.86. The second-order valence-electron chi connectivity index (χ2n) is 6.83. The monoisotopic (exact) mass is 278 g/mol. The summed E-state index contributed by atoms with van der Waals surface area (Å²) in [7, 11) is 0. The first-order valence-corrected chi connectivity index (χ1v) is 7.93. The van der Waals surface area contributed by atoms with Crippen molar-refractivity contribution in [2.75, 3.05) is 13.1 Å². The third-order valence-corrected chi connectivity index (χ3v) is 4.86. The molecule has 0 aromatic carbocycles. The number of nitrogens with zero attached hydrogens (tertiary/aromatic N) is 3. The molecule has 4 heteroatoms. The van der Waals surface area contributed by atoms with Gasteiger partial charge in [0.25, 0.3) is 0 Å². The summed E-state index contributed by atoms with van der Waals surface area (Å²) in [6.45, 7) is 13.2. The van der Waals surface area contributed by atoms with E-state index in [0.29, 0.717) is 18.6 Å². The van der Waals surface area contributed by atoms with Gasteiger partial charge < -0.3 is 10.3 Å². The highest BCUT2D eigenvalue weighted by Gasteiger charge is 2.34. The minimum atomic E-state index is 0.278. The van der Waals surface area contributed by atoms with Crippen LogP contribution in [0.1, 0.15) is 58.8 Å². The summed E-state index contributed by atoms with van der Waals surface area (Å²) in [6.07, 6.45) is 5.25. The van der Waals surface area contributed by atoms with Crippen LogP contribution in [-0.2, 0) is 0 Å². The van der Waals surface area contributed by atoms with Crippen LogP contribution in [0.15, 0.2) is 12.5 Å². The summed E-state index contributed by atoms with van der Waals surface area (Å²) in [5, 5.41) is 0. The number of aromatic nitrogens is 2. The molecule has 4 unspecified atom stereocenters. The molecule has 1 aromatic rings. The van der Waals surface area contributed by atoms with Crippen molar-refractivity contribution in [2.45, 2.75) is 59.2 Å². The zero-order valence-corrected chi connectivity index (χ0v) is 13.6. The van der Waals surface area contributed by atoms with E-state index in [0.717, 1.165) is 18.4 Å². The van der Waals surface area contributed by atoms with Crippen LogP contribution in [-0.4, -0.2) is 33.6 Å². The molecule has 4 atom stereocenters. The van der Waals surface area contributed by atoms with Crippen molar-refractivity contribution in [1.29, 1.82) is 0 Å². The van der Waals surface area contributed by atoms with E-state index < -0.39 is 0 Å². The fourth-order valence-corrected chi connectivity index (χ4v) is 3.60. The van der Waals surface area contributed by atoms with Gasteiger partial charge in [0.15, 0.2) is 0 Å². The number of hydrogen-bond donors (Lipinski definition) is 1. The first-order valence-electron chi connectivity index (χ1n) is 7.93. The maximum absolute atomic E-state index is 6.13. The molecule has 0 bridgehead atoms. The van der Waals surface area contributed by atoms with Gasteiger partial charge in [0.2, 0.25) is 0 Å². The van der Waals surface area contributed by atoms with Gasteiger partial charge >= 0.3 is 0 Å². The number of piperidine rings is 1. The molecule has 1 aromatic heterocycles. The molecule has 0 saturated carbocycles. The number of imidazole rings is 1. The Morgan fingerprint density at radius 3 is 2.65 bits per heavy atom. The predicted octanol–water partition coefficient (Wildman–Crippen LogP) is 2.83. The lowest BCUT2D eigenvalue weighted by Crippen LogP contribution is -2.49. The van der Waals surface area contributed by atoms with Gasteiger partial charge in [-0.15, -0.1) is 0 Å². The Balaban J connectivity index is 2.29. The van der Waals surface area contributed by atoms with E-state index in [-0.39, 0.29) is 6.04 Å². The van der Waals surface area contributed by atoms with Crippen molar-refractivity contribution in [1.82, 2.24) is 14.5 Å². The Morgan fingerprint density at radius 1 is 1.35 bits per heavy atom. The van der Waals surface area contributed by atoms with Gasteiger partial charge in [-0.05, 0) is 39.0 Å². The van der Waals surface area contributed by atoms with Gasteiger partial charge in [0.05, 0.1) is 18.1 Å². The third kappa shape index (κ3) is 2.91. The molecular formula is C16H30N4. The Morgan fingerprint density at radius 2 is 2.05 bits per heavy atom. The Hall–Kier alpha value is -0.870. The Labute approximate surface area is 123 Å². The standard InChI is InChI=1S/C16H30N4/c1-11(2)20-10-18-8-16(20)15(7-17)19-9-12(3)6-13(4)14(19)5/h8,10-15H,6-7,9,17H2,1-5H3. The van der Waals surface area contributed by atoms with Crippen LogP contribution in [0, 0.1) is 11.8 Å². The van der Waals surface area contributed by atoms with E-state index in [2.05, 4.69) is 49.1 Å². The minimum absolute atomic E-state index is 0.278. The van der Waals surface area contributed by atoms with Crippen LogP contribution in [0.3, 0.4) is 0 Å². The van der Waals surface area contributed by atoms with Crippen LogP contribution in [0.2, 0.25) is 0 Å². The molecule has 1 fully saturated rings. The summed E-state index contributed by atoms with van der Waals surface area (Å²) in [5.74, 6) is 1.47. The second-order valence-corrected chi connectivity index (χ2v) is 6.83. The van der Waals surface area contributed by atoms with Gasteiger partial charge in [0.1, 0.15) is 0 Å². The molecule has 0 amide bonds. The number of nitrogens with two attached hydrogens (primary N) is 1. The number of rotatable bonds is 4. The predicted molar refractivity (Wildman–Crippen MR) is 83.5 cm³/mol. The highest BCUT2D eigenvalue weighted by molar-refractivity contribution is 5.09. The molecule has 0 radical (unpaired) electrons. The van der Waals surface area contributed by atoms with E-state index in [1.54, 1.807) is 0 Å². The normalized spacial score (nSPS) is 29.9. The van der Waals surface area contributed by atoms with Crippen molar-refractivity contribution in [2.24, 2.45) is 17.6 Å². The van der Waals surface area contributed by atoms with Crippen molar-refractivity contribution in [3.63, 3.8) is 0 Å². The molecule has 1 aliphatic heterocycles. The third-order valence-electron chi connectivity index (χ3n) is 4.86. The second kappa shape index (κ2) is 6.27.